The second-order valence-electron chi connectivity index (χ2n) is 5.39. The summed E-state index contributed by atoms with van der Waals surface area (Å²) in [6.45, 7) is 0. The molecule has 0 unspecified atom stereocenters. The lowest BCUT2D eigenvalue weighted by Gasteiger charge is -2.20. The van der Waals surface area contributed by atoms with Crippen molar-refractivity contribution in [2.75, 3.05) is 11.9 Å². The Labute approximate surface area is 133 Å². The van der Waals surface area contributed by atoms with Gasteiger partial charge in [-0.05, 0) is 42.5 Å². The van der Waals surface area contributed by atoms with Crippen LogP contribution in [-0.4, -0.2) is 17.7 Å². The van der Waals surface area contributed by atoms with Crippen molar-refractivity contribution >= 4 is 22.9 Å². The summed E-state index contributed by atoms with van der Waals surface area (Å²) in [4.78, 5) is 11.3. The van der Waals surface area contributed by atoms with Gasteiger partial charge in [0.2, 0.25) is 0 Å². The Kier molecular flexibility index (Phi) is 3.15. The number of fused-ring (bicyclic) bond motifs is 2. The molecule has 0 bridgehead atoms. The predicted molar refractivity (Wildman–Crippen MR) is 90.4 cm³/mol. The Morgan fingerprint density at radius 3 is 2.52 bits per heavy atom. The minimum Gasteiger partial charge on any atom is -0.327 e. The number of hydrogen-bond donors (Lipinski definition) is 0. The van der Waals surface area contributed by atoms with Crippen LogP contribution in [0, 0.1) is 5.82 Å². The third-order valence-corrected chi connectivity index (χ3v) is 3.95. The minimum absolute atomic E-state index is 0.254. The highest BCUT2D eigenvalue weighted by Crippen LogP contribution is 2.37. The number of aliphatic imine (C=N–C) groups is 1. The van der Waals surface area contributed by atoms with Gasteiger partial charge >= 0.3 is 0 Å². The van der Waals surface area contributed by atoms with Crippen molar-refractivity contribution in [3.05, 3.63) is 83.8 Å². The van der Waals surface area contributed by atoms with Gasteiger partial charge in [0.25, 0.3) is 0 Å². The maximum absolute atomic E-state index is 13.3. The highest BCUT2D eigenvalue weighted by atomic mass is 19.1. The molecule has 0 radical (unpaired) electrons. The number of halogens is 1. The Morgan fingerprint density at radius 1 is 0.913 bits per heavy atom. The Balaban J connectivity index is 2.01. The molecule has 0 saturated carbocycles. The molecule has 2 aromatic carbocycles. The van der Waals surface area contributed by atoms with E-state index in [-0.39, 0.29) is 5.82 Å². The van der Waals surface area contributed by atoms with Gasteiger partial charge in [0.1, 0.15) is 11.5 Å². The number of hydrogen-bond acceptors (Lipinski definition) is 3. The highest BCUT2D eigenvalue weighted by Gasteiger charge is 2.21. The molecule has 4 rings (SSSR count). The van der Waals surface area contributed by atoms with Crippen molar-refractivity contribution < 1.29 is 4.39 Å². The first kappa shape index (κ1) is 13.6. The summed E-state index contributed by atoms with van der Waals surface area (Å²) >= 11 is 0. The van der Waals surface area contributed by atoms with Crippen molar-refractivity contribution in [3.8, 4) is 0 Å². The number of rotatable bonds is 1. The molecule has 0 atom stereocenters. The van der Waals surface area contributed by atoms with E-state index >= 15 is 0 Å². The van der Waals surface area contributed by atoms with Gasteiger partial charge < -0.3 is 4.90 Å². The third kappa shape index (κ3) is 2.28. The molecule has 23 heavy (non-hydrogen) atoms. The topological polar surface area (TPSA) is 28.5 Å². The fraction of sp³-hybridized carbons (Fsp3) is 0.0526. The van der Waals surface area contributed by atoms with Crippen LogP contribution < -0.4 is 4.90 Å². The van der Waals surface area contributed by atoms with Crippen LogP contribution in [0.2, 0.25) is 0 Å². The van der Waals surface area contributed by atoms with Gasteiger partial charge in [-0.3, -0.25) is 0 Å². The summed E-state index contributed by atoms with van der Waals surface area (Å²) in [7, 11) is 1.98. The summed E-state index contributed by atoms with van der Waals surface area (Å²) in [5.74, 6) is 0.549. The molecular formula is C19H14FN3. The van der Waals surface area contributed by atoms with Gasteiger partial charge in [0.05, 0.1) is 11.4 Å². The molecule has 0 N–H and O–H groups in total. The Bertz CT molecular complexity index is 900. The molecule has 1 aromatic heterocycles. The van der Waals surface area contributed by atoms with E-state index in [2.05, 4.69) is 4.98 Å². The lowest BCUT2D eigenvalue weighted by Crippen LogP contribution is -2.13. The van der Waals surface area contributed by atoms with Gasteiger partial charge in [-0.2, -0.15) is 0 Å². The SMILES string of the molecule is CN1c2ccccc2C(c2ccc(F)cc2)=Nc2cccnc21. The van der Waals surface area contributed by atoms with Crippen molar-refractivity contribution in [2.24, 2.45) is 4.99 Å². The average molecular weight is 303 g/mol. The van der Waals surface area contributed by atoms with Crippen molar-refractivity contribution in [1.82, 2.24) is 4.98 Å². The molecule has 0 saturated heterocycles. The second kappa shape index (κ2) is 5.32. The van der Waals surface area contributed by atoms with Crippen molar-refractivity contribution in [1.29, 1.82) is 0 Å². The van der Waals surface area contributed by atoms with E-state index in [0.29, 0.717) is 0 Å². The summed E-state index contributed by atoms with van der Waals surface area (Å²) in [6, 6.07) is 18.3. The number of anilines is 2. The lowest BCUT2D eigenvalue weighted by molar-refractivity contribution is 0.628. The second-order valence-corrected chi connectivity index (χ2v) is 5.39. The normalized spacial score (nSPS) is 13.0. The molecule has 1 aliphatic rings. The van der Waals surface area contributed by atoms with E-state index in [0.717, 1.165) is 34.0 Å². The van der Waals surface area contributed by atoms with Crippen LogP contribution in [0.15, 0.2) is 71.9 Å². The fourth-order valence-electron chi connectivity index (χ4n) is 2.82. The van der Waals surface area contributed by atoms with Crippen molar-refractivity contribution in [3.63, 3.8) is 0 Å². The van der Waals surface area contributed by atoms with E-state index in [1.54, 1.807) is 18.3 Å². The average Bonchev–Trinajstić information content (AvgIpc) is 2.72. The van der Waals surface area contributed by atoms with E-state index in [1.807, 2.05) is 48.3 Å². The predicted octanol–water partition coefficient (Wildman–Crippen LogP) is 4.47. The molecule has 0 spiro atoms. The minimum atomic E-state index is -0.254. The van der Waals surface area contributed by atoms with Crippen LogP contribution in [0.3, 0.4) is 0 Å². The number of pyridine rings is 1. The van der Waals surface area contributed by atoms with Crippen LogP contribution in [0.4, 0.5) is 21.6 Å². The first-order chi connectivity index (χ1) is 11.2. The lowest BCUT2D eigenvalue weighted by atomic mass is 10.0. The first-order valence-corrected chi connectivity index (χ1v) is 7.37. The van der Waals surface area contributed by atoms with E-state index in [1.165, 1.54) is 12.1 Å². The van der Waals surface area contributed by atoms with E-state index in [4.69, 9.17) is 4.99 Å². The van der Waals surface area contributed by atoms with Crippen molar-refractivity contribution in [2.45, 2.75) is 0 Å². The number of benzene rings is 2. The van der Waals surface area contributed by atoms with E-state index < -0.39 is 0 Å². The molecule has 2 heterocycles. The van der Waals surface area contributed by atoms with Gasteiger partial charge in [-0.15, -0.1) is 0 Å². The number of para-hydroxylation sites is 1. The van der Waals surface area contributed by atoms with Gasteiger partial charge in [0, 0.05) is 24.4 Å². The molecule has 1 aliphatic heterocycles. The summed E-state index contributed by atoms with van der Waals surface area (Å²) < 4.78 is 13.3. The van der Waals surface area contributed by atoms with E-state index in [9.17, 15) is 4.39 Å². The van der Waals surface area contributed by atoms with Crippen LogP contribution in [0.5, 0.6) is 0 Å². The van der Waals surface area contributed by atoms with Gasteiger partial charge in [-0.1, -0.05) is 18.2 Å². The molecule has 4 heteroatoms. The Hall–Kier alpha value is -3.01. The summed E-state index contributed by atoms with van der Waals surface area (Å²) in [5, 5.41) is 0. The van der Waals surface area contributed by atoms with Gasteiger partial charge in [0.15, 0.2) is 5.82 Å². The number of nitrogens with zero attached hydrogens (tertiary/aromatic N) is 3. The Morgan fingerprint density at radius 2 is 1.70 bits per heavy atom. The molecule has 0 aliphatic carbocycles. The maximum atomic E-state index is 13.3. The van der Waals surface area contributed by atoms with Crippen LogP contribution in [0.1, 0.15) is 11.1 Å². The van der Waals surface area contributed by atoms with Crippen LogP contribution in [0.25, 0.3) is 0 Å². The molecule has 3 nitrogen and oxygen atoms in total. The quantitative estimate of drug-likeness (QED) is 0.663. The van der Waals surface area contributed by atoms with Gasteiger partial charge in [-0.25, -0.2) is 14.4 Å². The summed E-state index contributed by atoms with van der Waals surface area (Å²) in [6.07, 6.45) is 1.76. The molecule has 3 aromatic rings. The highest BCUT2D eigenvalue weighted by molar-refractivity contribution is 6.18. The molecule has 0 fully saturated rings. The monoisotopic (exact) mass is 303 g/mol. The maximum Gasteiger partial charge on any atom is 0.158 e. The first-order valence-electron chi connectivity index (χ1n) is 7.37. The molecule has 0 amide bonds. The molecular weight excluding hydrogens is 289 g/mol. The molecule has 112 valence electrons. The summed E-state index contributed by atoms with van der Waals surface area (Å²) in [5.41, 5.74) is 4.52. The number of aromatic nitrogens is 1. The standard InChI is InChI=1S/C19H14FN3/c1-23-17-7-3-2-5-15(17)18(13-8-10-14(20)11-9-13)22-16-6-4-12-21-19(16)23/h2-12H,1H3. The zero-order valence-electron chi connectivity index (χ0n) is 12.6. The van der Waals surface area contributed by atoms with Crippen LogP contribution in [-0.2, 0) is 0 Å². The zero-order valence-corrected chi connectivity index (χ0v) is 12.6. The zero-order chi connectivity index (χ0) is 15.8. The third-order valence-electron chi connectivity index (χ3n) is 3.95. The largest absolute Gasteiger partial charge is 0.327 e. The van der Waals surface area contributed by atoms with Crippen LogP contribution >= 0.6 is 0 Å². The fourth-order valence-corrected chi connectivity index (χ4v) is 2.82. The smallest absolute Gasteiger partial charge is 0.158 e.